The molecule has 0 amide bonds. The summed E-state index contributed by atoms with van der Waals surface area (Å²) in [6.07, 6.45) is -1.00. The lowest BCUT2D eigenvalue weighted by Crippen LogP contribution is -2.41. The Kier molecular flexibility index (Phi) is 8.10. The van der Waals surface area contributed by atoms with Crippen molar-refractivity contribution in [2.75, 3.05) is 17.8 Å². The predicted octanol–water partition coefficient (Wildman–Crippen LogP) is 2.03. The van der Waals surface area contributed by atoms with E-state index >= 15 is 0 Å². The molecule has 1 aliphatic heterocycles. The zero-order valence-corrected chi connectivity index (χ0v) is 24.1. The first-order valence-corrected chi connectivity index (χ1v) is 16.3. The molecule has 0 aromatic carbocycles. The molecule has 2 aromatic rings. The van der Waals surface area contributed by atoms with Crippen LogP contribution in [-0.2, 0) is 13.9 Å². The van der Waals surface area contributed by atoms with Gasteiger partial charge in [-0.1, -0.05) is 27.7 Å². The fourth-order valence-corrected chi connectivity index (χ4v) is 8.57. The van der Waals surface area contributed by atoms with Crippen molar-refractivity contribution in [2.24, 2.45) is 10.8 Å². The summed E-state index contributed by atoms with van der Waals surface area (Å²) in [6.45, 7) is 8.47. The zero-order valence-electron chi connectivity index (χ0n) is 21.5. The minimum atomic E-state index is -4.77. The maximum absolute atomic E-state index is 12.1. The highest BCUT2D eigenvalue weighted by molar-refractivity contribution is 7.71. The van der Waals surface area contributed by atoms with Gasteiger partial charge in [0.05, 0.1) is 6.33 Å². The van der Waals surface area contributed by atoms with Gasteiger partial charge in [-0.05, 0) is 41.7 Å². The Morgan fingerprint density at radius 3 is 2.50 bits per heavy atom. The zero-order chi connectivity index (χ0) is 28.3. The Hall–Kier alpha value is -1.18. The first-order chi connectivity index (χ1) is 17.5. The molecule has 38 heavy (non-hydrogen) atoms. The van der Waals surface area contributed by atoms with Crippen LogP contribution >= 0.6 is 26.7 Å². The lowest BCUT2D eigenvalue weighted by molar-refractivity contribution is -0.0331. The molecule has 1 saturated carbocycles. The molecule has 17 heteroatoms. The first kappa shape index (κ1) is 29.8. The lowest BCUT2D eigenvalue weighted by atomic mass is 9.66. The predicted molar refractivity (Wildman–Crippen MR) is 140 cm³/mol. The number of fused-ring (bicyclic) bond motifs is 1. The molecule has 0 bridgehead atoms. The summed E-state index contributed by atoms with van der Waals surface area (Å²) in [5.74, 6) is -0.840. The molecule has 0 spiro atoms. The highest BCUT2D eigenvalue weighted by atomic mass is 35.5. The van der Waals surface area contributed by atoms with Gasteiger partial charge in [-0.3, -0.25) is 13.7 Å². The molecule has 4 unspecified atom stereocenters. The average Bonchev–Trinajstić information content (AvgIpc) is 3.40. The fraction of sp³-hybridized carbons (Fsp3) is 0.762. The number of hydrogen-bond acceptors (Lipinski definition) is 9. The van der Waals surface area contributed by atoms with Gasteiger partial charge < -0.3 is 34.9 Å². The molecule has 2 fully saturated rings. The van der Waals surface area contributed by atoms with Gasteiger partial charge in [-0.2, -0.15) is 9.97 Å². The van der Waals surface area contributed by atoms with E-state index in [2.05, 4.69) is 53.1 Å². The van der Waals surface area contributed by atoms with Crippen LogP contribution in [0.1, 0.15) is 53.2 Å². The van der Waals surface area contributed by atoms with E-state index in [0.717, 1.165) is 19.3 Å². The minimum absolute atomic E-state index is 0.0136. The summed E-state index contributed by atoms with van der Waals surface area (Å²) in [5, 5.41) is 26.8. The number of imidazole rings is 1. The normalized spacial score (nSPS) is 33.1. The first-order valence-electron chi connectivity index (χ1n) is 12.3. The van der Waals surface area contributed by atoms with Crippen LogP contribution in [0.15, 0.2) is 6.33 Å². The fourth-order valence-electron chi connectivity index (χ4n) is 5.54. The van der Waals surface area contributed by atoms with E-state index in [1.54, 1.807) is 0 Å². The molecule has 1 aliphatic carbocycles. The Balaban J connectivity index is 1.57. The summed E-state index contributed by atoms with van der Waals surface area (Å²) in [7, 11) is -9.20. The van der Waals surface area contributed by atoms with E-state index in [9.17, 15) is 24.2 Å². The summed E-state index contributed by atoms with van der Waals surface area (Å²) in [4.78, 5) is 40.9. The molecular weight excluding hydrogens is 562 g/mol. The van der Waals surface area contributed by atoms with Crippen LogP contribution in [0, 0.1) is 10.8 Å². The number of nitrogens with one attached hydrogen (secondary N) is 2. The Morgan fingerprint density at radius 2 is 1.87 bits per heavy atom. The highest BCUT2D eigenvalue weighted by Gasteiger charge is 2.51. The topological polar surface area (TPSA) is 212 Å². The summed E-state index contributed by atoms with van der Waals surface area (Å²) in [5.41, 5.74) is 0.743. The second-order valence-corrected chi connectivity index (χ2v) is 15.5. The Morgan fingerprint density at radius 1 is 1.18 bits per heavy atom. The van der Waals surface area contributed by atoms with E-state index in [1.165, 1.54) is 10.9 Å². The molecule has 14 nitrogen and oxygen atoms in total. The third-order valence-electron chi connectivity index (χ3n) is 8.34. The second kappa shape index (κ2) is 10.3. The lowest BCUT2D eigenvalue weighted by Gasteiger charge is -2.42. The van der Waals surface area contributed by atoms with Crippen molar-refractivity contribution >= 4 is 43.7 Å². The number of nitrogens with zero attached hydrogens (tertiary/aromatic N) is 4. The quantitative estimate of drug-likeness (QED) is 0.163. The maximum Gasteiger partial charge on any atom is 0.336 e. The molecule has 7 atom stereocenters. The van der Waals surface area contributed by atoms with Crippen LogP contribution in [-0.4, -0.2) is 81.2 Å². The van der Waals surface area contributed by atoms with Gasteiger partial charge in [-0.15, -0.1) is 0 Å². The smallest absolute Gasteiger partial charge is 0.336 e. The van der Waals surface area contributed by atoms with E-state index < -0.39 is 52.1 Å². The second-order valence-electron chi connectivity index (χ2n) is 11.0. The number of hydrogen-bond donors (Lipinski definition) is 7. The third-order valence-corrected chi connectivity index (χ3v) is 12.2. The monoisotopic (exact) mass is 596 g/mol. The van der Waals surface area contributed by atoms with E-state index in [4.69, 9.17) is 26.1 Å². The molecule has 3 heterocycles. The molecular formula is C21H35ClN6O8P2. The summed E-state index contributed by atoms with van der Waals surface area (Å²) < 4.78 is 30.3. The van der Waals surface area contributed by atoms with Gasteiger partial charge in [0, 0.05) is 12.6 Å². The molecule has 2 aromatic heterocycles. The van der Waals surface area contributed by atoms with Gasteiger partial charge in [0.25, 0.3) is 7.52 Å². The molecule has 1 saturated heterocycles. The summed E-state index contributed by atoms with van der Waals surface area (Å²) in [6, 6.07) is 0.106. The van der Waals surface area contributed by atoms with Crippen molar-refractivity contribution in [3.8, 4) is 0 Å². The average molecular weight is 597 g/mol. The van der Waals surface area contributed by atoms with Crippen LogP contribution in [0.5, 0.6) is 0 Å². The van der Waals surface area contributed by atoms with Crippen LogP contribution < -0.4 is 10.4 Å². The molecule has 4 rings (SSSR count). The van der Waals surface area contributed by atoms with Gasteiger partial charge in [-0.25, -0.2) is 10.1 Å². The van der Waals surface area contributed by atoms with Crippen molar-refractivity contribution in [2.45, 2.75) is 77.5 Å². The Bertz CT molecular complexity index is 1290. The van der Waals surface area contributed by atoms with Crippen LogP contribution in [0.3, 0.4) is 0 Å². The number of halogens is 1. The van der Waals surface area contributed by atoms with Gasteiger partial charge >= 0.3 is 7.60 Å². The van der Waals surface area contributed by atoms with E-state index in [0.29, 0.717) is 11.3 Å². The van der Waals surface area contributed by atoms with E-state index in [-0.39, 0.29) is 27.8 Å². The maximum atomic E-state index is 12.1. The molecule has 0 radical (unpaired) electrons. The number of ether oxygens (including phenoxy) is 1. The number of aliphatic hydroxyl groups excluding tert-OH is 2. The number of rotatable bonds is 9. The molecule has 214 valence electrons. The highest BCUT2D eigenvalue weighted by Crippen LogP contribution is 2.55. The molecule has 2 aliphatic rings. The van der Waals surface area contributed by atoms with Crippen LogP contribution in [0.4, 0.5) is 5.82 Å². The largest absolute Gasteiger partial charge is 0.387 e. The SMILES string of the molecule is CC[C@@]1(C)C(Nc2nc(Cl)nc3c2ncn3[C@@H]2O[C@H](CNP(=O)(O)CP(=O)(O)O)C(O)C2O)CCC1(C)C. The third kappa shape index (κ3) is 5.67. The molecule has 7 N–H and O–H groups in total. The minimum Gasteiger partial charge on any atom is -0.387 e. The Labute approximate surface area is 224 Å². The summed E-state index contributed by atoms with van der Waals surface area (Å²) >= 11 is 6.26. The van der Waals surface area contributed by atoms with E-state index in [1.807, 2.05) is 0 Å². The van der Waals surface area contributed by atoms with Gasteiger partial charge in [0.2, 0.25) is 5.28 Å². The number of anilines is 1. The number of aromatic nitrogens is 4. The van der Waals surface area contributed by atoms with Crippen LogP contribution in [0.2, 0.25) is 5.28 Å². The van der Waals surface area contributed by atoms with Crippen molar-refractivity contribution in [3.05, 3.63) is 11.6 Å². The van der Waals surface area contributed by atoms with Crippen molar-refractivity contribution in [1.29, 1.82) is 0 Å². The van der Waals surface area contributed by atoms with Crippen molar-refractivity contribution < 1.29 is 38.8 Å². The number of aliphatic hydroxyl groups is 2. The van der Waals surface area contributed by atoms with Crippen molar-refractivity contribution in [1.82, 2.24) is 24.6 Å². The van der Waals surface area contributed by atoms with Gasteiger partial charge in [0.1, 0.15) is 24.2 Å². The standard InChI is InChI=1S/C21H35ClN6O8P2/c1-5-21(4)12(6-7-20(21,2)3)25-16-13-17(27-19(22)26-16)28(9-23-13)18-15(30)14(29)11(36-18)8-24-37(31,32)10-38(33,34)35/h9,11-12,14-15,18,29-30H,5-8,10H2,1-4H3,(H2,24,31,32)(H,25,26,27)(H2,33,34,35)/t11-,12?,14?,15?,18-,21+/m1/s1. The van der Waals surface area contributed by atoms with Gasteiger partial charge in [0.15, 0.2) is 23.2 Å². The van der Waals surface area contributed by atoms with Crippen molar-refractivity contribution in [3.63, 3.8) is 0 Å². The van der Waals surface area contributed by atoms with Crippen LogP contribution in [0.25, 0.3) is 11.2 Å².